The minimum atomic E-state index is -0.614. The number of hydrogen-bond acceptors (Lipinski definition) is 4. The summed E-state index contributed by atoms with van der Waals surface area (Å²) in [5.41, 5.74) is -0.0779. The van der Waals surface area contributed by atoms with E-state index in [1.54, 1.807) is 12.3 Å². The lowest BCUT2D eigenvalue weighted by Crippen LogP contribution is -2.41. The van der Waals surface area contributed by atoms with Gasteiger partial charge in [-0.25, -0.2) is 4.39 Å². The van der Waals surface area contributed by atoms with Gasteiger partial charge in [0, 0.05) is 6.54 Å². The maximum absolute atomic E-state index is 13.6. The lowest BCUT2D eigenvalue weighted by atomic mass is 10.2. The summed E-state index contributed by atoms with van der Waals surface area (Å²) in [6.45, 7) is 2.11. The van der Waals surface area contributed by atoms with E-state index in [-0.39, 0.29) is 24.1 Å². The standard InChI is InChI=1S/C19H22FN3O3/c20-15-7-2-1-6-14(15)19(25)22-13-18(24)21-12-16(17-8-5-11-26-17)23-9-3-4-10-23/h1-2,5-8,11,16H,3-4,9-10,12-13H2,(H,21,24)(H,22,25). The number of likely N-dealkylation sites (tertiary alicyclic amines) is 1. The molecule has 1 aromatic carbocycles. The first-order valence-corrected chi connectivity index (χ1v) is 8.72. The molecule has 1 unspecified atom stereocenters. The molecule has 0 spiro atoms. The Morgan fingerprint density at radius 3 is 2.58 bits per heavy atom. The summed E-state index contributed by atoms with van der Waals surface area (Å²) in [6, 6.07) is 9.36. The summed E-state index contributed by atoms with van der Waals surface area (Å²) in [6.07, 6.45) is 3.88. The molecule has 0 aliphatic carbocycles. The van der Waals surface area contributed by atoms with Crippen molar-refractivity contribution in [2.75, 3.05) is 26.2 Å². The largest absolute Gasteiger partial charge is 0.468 e. The average Bonchev–Trinajstić information content (AvgIpc) is 3.35. The number of benzene rings is 1. The predicted octanol–water partition coefficient (Wildman–Crippen LogP) is 2.10. The highest BCUT2D eigenvalue weighted by Gasteiger charge is 2.26. The molecule has 6 nitrogen and oxygen atoms in total. The Kier molecular flexibility index (Phi) is 6.01. The van der Waals surface area contributed by atoms with Crippen LogP contribution in [0.4, 0.5) is 4.39 Å². The van der Waals surface area contributed by atoms with Crippen molar-refractivity contribution in [1.29, 1.82) is 0 Å². The summed E-state index contributed by atoms with van der Waals surface area (Å²) >= 11 is 0. The SMILES string of the molecule is O=C(CNC(=O)c1ccccc1F)NCC(c1ccco1)N1CCCC1. The normalized spacial score (nSPS) is 15.6. The van der Waals surface area contributed by atoms with Crippen LogP contribution in [-0.4, -0.2) is 42.9 Å². The van der Waals surface area contributed by atoms with Gasteiger partial charge in [0.2, 0.25) is 5.91 Å². The van der Waals surface area contributed by atoms with Gasteiger partial charge in [0.05, 0.1) is 24.4 Å². The number of nitrogens with one attached hydrogen (secondary N) is 2. The highest BCUT2D eigenvalue weighted by molar-refractivity contribution is 5.96. The Morgan fingerprint density at radius 1 is 1.12 bits per heavy atom. The molecule has 138 valence electrons. The van der Waals surface area contributed by atoms with Crippen molar-refractivity contribution in [2.24, 2.45) is 0 Å². The van der Waals surface area contributed by atoms with Gasteiger partial charge < -0.3 is 15.1 Å². The van der Waals surface area contributed by atoms with Gasteiger partial charge in [0.25, 0.3) is 5.91 Å². The van der Waals surface area contributed by atoms with Gasteiger partial charge in [-0.3, -0.25) is 14.5 Å². The summed E-state index contributed by atoms with van der Waals surface area (Å²) in [5, 5.41) is 5.26. The van der Waals surface area contributed by atoms with Crippen LogP contribution in [0, 0.1) is 5.82 Å². The Labute approximate surface area is 151 Å². The Balaban J connectivity index is 1.51. The van der Waals surface area contributed by atoms with Gasteiger partial charge >= 0.3 is 0 Å². The molecule has 1 aliphatic heterocycles. The fraction of sp³-hybridized carbons (Fsp3) is 0.368. The molecule has 1 fully saturated rings. The lowest BCUT2D eigenvalue weighted by molar-refractivity contribution is -0.120. The van der Waals surface area contributed by atoms with Crippen LogP contribution in [0.5, 0.6) is 0 Å². The van der Waals surface area contributed by atoms with Crippen molar-refractivity contribution in [3.8, 4) is 0 Å². The number of rotatable bonds is 7. The topological polar surface area (TPSA) is 74.6 Å². The van der Waals surface area contributed by atoms with Gasteiger partial charge in [-0.2, -0.15) is 0 Å². The summed E-state index contributed by atoms with van der Waals surface area (Å²) < 4.78 is 19.1. The smallest absolute Gasteiger partial charge is 0.254 e. The molecule has 1 aromatic heterocycles. The first-order valence-electron chi connectivity index (χ1n) is 8.72. The van der Waals surface area contributed by atoms with Crippen LogP contribution in [0.1, 0.15) is 35.0 Å². The minimum absolute atomic E-state index is 0.0290. The molecule has 1 atom stereocenters. The zero-order valence-corrected chi connectivity index (χ0v) is 14.4. The molecule has 2 heterocycles. The number of halogens is 1. The van der Waals surface area contributed by atoms with Crippen molar-refractivity contribution in [2.45, 2.75) is 18.9 Å². The number of furan rings is 1. The molecular formula is C19H22FN3O3. The molecule has 26 heavy (non-hydrogen) atoms. The van der Waals surface area contributed by atoms with E-state index in [2.05, 4.69) is 15.5 Å². The first kappa shape index (κ1) is 18.1. The van der Waals surface area contributed by atoms with Gasteiger partial charge in [-0.1, -0.05) is 12.1 Å². The van der Waals surface area contributed by atoms with Gasteiger partial charge in [-0.15, -0.1) is 0 Å². The summed E-state index contributed by atoms with van der Waals surface area (Å²) in [5.74, 6) is -0.745. The van der Waals surface area contributed by atoms with E-state index < -0.39 is 11.7 Å². The highest BCUT2D eigenvalue weighted by atomic mass is 19.1. The van der Waals surface area contributed by atoms with E-state index in [1.165, 1.54) is 18.2 Å². The second-order valence-electron chi connectivity index (χ2n) is 6.24. The van der Waals surface area contributed by atoms with E-state index in [0.717, 1.165) is 31.7 Å². The third-order valence-corrected chi connectivity index (χ3v) is 4.47. The van der Waals surface area contributed by atoms with E-state index >= 15 is 0 Å². The maximum Gasteiger partial charge on any atom is 0.254 e. The van der Waals surface area contributed by atoms with Gasteiger partial charge in [0.1, 0.15) is 11.6 Å². The molecule has 7 heteroatoms. The Morgan fingerprint density at radius 2 is 1.88 bits per heavy atom. The van der Waals surface area contributed by atoms with E-state index in [1.807, 2.05) is 12.1 Å². The van der Waals surface area contributed by atoms with Crippen LogP contribution in [0.15, 0.2) is 47.1 Å². The van der Waals surface area contributed by atoms with Crippen LogP contribution in [0.3, 0.4) is 0 Å². The lowest BCUT2D eigenvalue weighted by Gasteiger charge is -2.26. The Bertz CT molecular complexity index is 742. The number of carbonyl (C=O) groups excluding carboxylic acids is 2. The van der Waals surface area contributed by atoms with Gasteiger partial charge in [0.15, 0.2) is 0 Å². The fourth-order valence-corrected chi connectivity index (χ4v) is 3.12. The molecule has 0 radical (unpaired) electrons. The van der Waals surface area contributed by atoms with E-state index in [9.17, 15) is 14.0 Å². The molecule has 0 bridgehead atoms. The maximum atomic E-state index is 13.6. The molecule has 2 aromatic rings. The van der Waals surface area contributed by atoms with Crippen molar-refractivity contribution in [1.82, 2.24) is 15.5 Å². The van der Waals surface area contributed by atoms with Crippen LogP contribution in [0.25, 0.3) is 0 Å². The van der Waals surface area contributed by atoms with Gasteiger partial charge in [-0.05, 0) is 50.2 Å². The quantitative estimate of drug-likeness (QED) is 0.794. The van der Waals surface area contributed by atoms with Crippen molar-refractivity contribution >= 4 is 11.8 Å². The molecule has 3 rings (SSSR count). The average molecular weight is 359 g/mol. The molecule has 2 N–H and O–H groups in total. The predicted molar refractivity (Wildman–Crippen MR) is 94.0 cm³/mol. The third-order valence-electron chi connectivity index (χ3n) is 4.47. The molecule has 1 saturated heterocycles. The minimum Gasteiger partial charge on any atom is -0.468 e. The second kappa shape index (κ2) is 8.62. The third kappa shape index (κ3) is 4.49. The monoisotopic (exact) mass is 359 g/mol. The van der Waals surface area contributed by atoms with Crippen LogP contribution in [-0.2, 0) is 4.79 Å². The van der Waals surface area contributed by atoms with Crippen molar-refractivity contribution in [3.05, 3.63) is 59.8 Å². The number of hydrogen-bond donors (Lipinski definition) is 2. The van der Waals surface area contributed by atoms with Crippen molar-refractivity contribution in [3.63, 3.8) is 0 Å². The number of amides is 2. The zero-order valence-electron chi connectivity index (χ0n) is 14.4. The number of nitrogens with zero attached hydrogens (tertiary/aromatic N) is 1. The van der Waals surface area contributed by atoms with Crippen molar-refractivity contribution < 1.29 is 18.4 Å². The molecular weight excluding hydrogens is 337 g/mol. The van der Waals surface area contributed by atoms with E-state index in [0.29, 0.717) is 6.54 Å². The van der Waals surface area contributed by atoms with Crippen LogP contribution in [0.2, 0.25) is 0 Å². The summed E-state index contributed by atoms with van der Waals surface area (Å²) in [7, 11) is 0. The second-order valence-corrected chi connectivity index (χ2v) is 6.24. The Hall–Kier alpha value is -2.67. The fourth-order valence-electron chi connectivity index (χ4n) is 3.12. The van der Waals surface area contributed by atoms with E-state index in [4.69, 9.17) is 4.42 Å². The first-order chi connectivity index (χ1) is 12.6. The number of carbonyl (C=O) groups is 2. The molecule has 0 saturated carbocycles. The highest BCUT2D eigenvalue weighted by Crippen LogP contribution is 2.24. The summed E-state index contributed by atoms with van der Waals surface area (Å²) in [4.78, 5) is 26.3. The van der Waals surface area contributed by atoms with Crippen LogP contribution < -0.4 is 10.6 Å². The zero-order chi connectivity index (χ0) is 18.4. The van der Waals surface area contributed by atoms with Crippen LogP contribution >= 0.6 is 0 Å². The molecule has 2 amide bonds. The molecule has 1 aliphatic rings.